The third kappa shape index (κ3) is 2.87. The molecular formula is C12H18O4. The molecular weight excluding hydrogens is 208 g/mol. The molecule has 4 heteroatoms. The van der Waals surface area contributed by atoms with Crippen LogP contribution in [-0.4, -0.2) is 23.4 Å². The van der Waals surface area contributed by atoms with Crippen LogP contribution >= 0.6 is 0 Å². The molecule has 0 spiro atoms. The Hall–Kier alpha value is -1.26. The van der Waals surface area contributed by atoms with Crippen LogP contribution in [0.3, 0.4) is 0 Å². The summed E-state index contributed by atoms with van der Waals surface area (Å²) in [4.78, 5) is 0. The van der Waals surface area contributed by atoms with Gasteiger partial charge in [-0.05, 0) is 26.0 Å². The largest absolute Gasteiger partial charge is 0.494 e. The average Bonchev–Trinajstić information content (AvgIpc) is 2.31. The molecule has 0 atom stereocenters. The maximum atomic E-state index is 9.24. The summed E-state index contributed by atoms with van der Waals surface area (Å²) in [5.74, 6) is 1.19. The second-order valence-electron chi connectivity index (χ2n) is 3.25. The summed E-state index contributed by atoms with van der Waals surface area (Å²) in [6, 6.07) is 3.46. The molecule has 1 rings (SSSR count). The van der Waals surface area contributed by atoms with E-state index in [1.165, 1.54) is 0 Å². The van der Waals surface area contributed by atoms with E-state index in [9.17, 15) is 10.2 Å². The van der Waals surface area contributed by atoms with Crippen LogP contribution in [0, 0.1) is 0 Å². The van der Waals surface area contributed by atoms with Gasteiger partial charge in [0, 0.05) is 11.1 Å². The van der Waals surface area contributed by atoms with E-state index in [0.717, 1.165) is 0 Å². The zero-order chi connectivity index (χ0) is 12.0. The molecule has 0 aliphatic carbocycles. The third-order valence-electron chi connectivity index (χ3n) is 2.16. The fraction of sp³-hybridized carbons (Fsp3) is 0.500. The average molecular weight is 226 g/mol. The van der Waals surface area contributed by atoms with Crippen molar-refractivity contribution in [2.75, 3.05) is 13.2 Å². The van der Waals surface area contributed by atoms with Crippen molar-refractivity contribution < 1.29 is 19.7 Å². The molecule has 0 fully saturated rings. The molecule has 1 aromatic carbocycles. The van der Waals surface area contributed by atoms with Crippen molar-refractivity contribution >= 4 is 0 Å². The smallest absolute Gasteiger partial charge is 0.130 e. The Morgan fingerprint density at radius 3 is 1.81 bits per heavy atom. The lowest BCUT2D eigenvalue weighted by atomic mass is 10.1. The molecule has 2 N–H and O–H groups in total. The molecule has 90 valence electrons. The normalized spacial score (nSPS) is 10.2. The summed E-state index contributed by atoms with van der Waals surface area (Å²) in [7, 11) is 0. The Balaban J connectivity index is 3.14. The Kier molecular flexibility index (Phi) is 5.08. The maximum Gasteiger partial charge on any atom is 0.130 e. The van der Waals surface area contributed by atoms with Gasteiger partial charge in [0.1, 0.15) is 11.5 Å². The van der Waals surface area contributed by atoms with Gasteiger partial charge in [-0.3, -0.25) is 0 Å². The number of benzene rings is 1. The van der Waals surface area contributed by atoms with Crippen LogP contribution in [0.5, 0.6) is 11.5 Å². The fourth-order valence-electron chi connectivity index (χ4n) is 1.54. The van der Waals surface area contributed by atoms with Gasteiger partial charge in [-0.15, -0.1) is 0 Å². The summed E-state index contributed by atoms with van der Waals surface area (Å²) in [5.41, 5.74) is 1.27. The van der Waals surface area contributed by atoms with Crippen molar-refractivity contribution in [1.82, 2.24) is 0 Å². The van der Waals surface area contributed by atoms with Crippen molar-refractivity contribution in [2.24, 2.45) is 0 Å². The van der Waals surface area contributed by atoms with E-state index in [1.54, 1.807) is 12.1 Å². The van der Waals surface area contributed by atoms with E-state index in [1.807, 2.05) is 13.8 Å². The predicted molar refractivity (Wildman–Crippen MR) is 60.6 cm³/mol. The van der Waals surface area contributed by atoms with Crippen LogP contribution in [-0.2, 0) is 13.2 Å². The molecule has 0 aliphatic rings. The minimum absolute atomic E-state index is 0.136. The SMILES string of the molecule is CCOc1cc(CO)c(OCC)c(CO)c1. The van der Waals surface area contributed by atoms with Crippen LogP contribution in [0.1, 0.15) is 25.0 Å². The maximum absolute atomic E-state index is 9.24. The van der Waals surface area contributed by atoms with E-state index < -0.39 is 0 Å². The molecule has 0 aromatic heterocycles. The number of aliphatic hydroxyl groups excluding tert-OH is 2. The highest BCUT2D eigenvalue weighted by Gasteiger charge is 2.11. The molecule has 4 nitrogen and oxygen atoms in total. The number of rotatable bonds is 6. The number of hydrogen-bond acceptors (Lipinski definition) is 4. The van der Waals surface area contributed by atoms with E-state index in [2.05, 4.69) is 0 Å². The Bertz CT molecular complexity index is 311. The molecule has 0 radical (unpaired) electrons. The van der Waals surface area contributed by atoms with Crippen LogP contribution in [0.4, 0.5) is 0 Å². The lowest BCUT2D eigenvalue weighted by Crippen LogP contribution is -2.03. The standard InChI is InChI=1S/C12H18O4/c1-3-15-11-5-9(7-13)12(16-4-2)10(6-11)8-14/h5-6,13-14H,3-4,7-8H2,1-2H3. The van der Waals surface area contributed by atoms with Gasteiger partial charge in [-0.2, -0.15) is 0 Å². The summed E-state index contributed by atoms with van der Waals surface area (Å²) in [5, 5.41) is 18.5. The highest BCUT2D eigenvalue weighted by molar-refractivity contribution is 5.46. The number of ether oxygens (including phenoxy) is 2. The first-order valence-corrected chi connectivity index (χ1v) is 5.39. The van der Waals surface area contributed by atoms with Gasteiger partial charge in [0.25, 0.3) is 0 Å². The van der Waals surface area contributed by atoms with Crippen molar-refractivity contribution in [3.63, 3.8) is 0 Å². The van der Waals surface area contributed by atoms with Gasteiger partial charge in [0.2, 0.25) is 0 Å². The van der Waals surface area contributed by atoms with Crippen LogP contribution in [0.15, 0.2) is 12.1 Å². The van der Waals surface area contributed by atoms with E-state index in [0.29, 0.717) is 35.8 Å². The second-order valence-corrected chi connectivity index (χ2v) is 3.25. The Morgan fingerprint density at radius 1 is 0.938 bits per heavy atom. The minimum atomic E-state index is -0.136. The molecule has 0 aliphatic heterocycles. The highest BCUT2D eigenvalue weighted by atomic mass is 16.5. The molecule has 0 heterocycles. The second kappa shape index (κ2) is 6.35. The van der Waals surface area contributed by atoms with Gasteiger partial charge in [0.15, 0.2) is 0 Å². The van der Waals surface area contributed by atoms with Crippen molar-refractivity contribution in [1.29, 1.82) is 0 Å². The van der Waals surface area contributed by atoms with Crippen molar-refractivity contribution in [3.8, 4) is 11.5 Å². The molecule has 0 amide bonds. The van der Waals surface area contributed by atoms with Gasteiger partial charge in [-0.1, -0.05) is 0 Å². The van der Waals surface area contributed by atoms with Crippen molar-refractivity contribution in [2.45, 2.75) is 27.1 Å². The number of aliphatic hydroxyl groups is 2. The summed E-state index contributed by atoms with van der Waals surface area (Å²) in [6.45, 7) is 4.51. The topological polar surface area (TPSA) is 58.9 Å². The first-order valence-electron chi connectivity index (χ1n) is 5.39. The first kappa shape index (κ1) is 12.8. The highest BCUT2D eigenvalue weighted by Crippen LogP contribution is 2.30. The fourth-order valence-corrected chi connectivity index (χ4v) is 1.54. The molecule has 0 saturated heterocycles. The van der Waals surface area contributed by atoms with E-state index >= 15 is 0 Å². The van der Waals surface area contributed by atoms with Crippen LogP contribution in [0.2, 0.25) is 0 Å². The van der Waals surface area contributed by atoms with Gasteiger partial charge in [-0.25, -0.2) is 0 Å². The quantitative estimate of drug-likeness (QED) is 0.771. The lowest BCUT2D eigenvalue weighted by Gasteiger charge is -2.15. The first-order chi connectivity index (χ1) is 7.76. The Labute approximate surface area is 95.4 Å². The van der Waals surface area contributed by atoms with Gasteiger partial charge < -0.3 is 19.7 Å². The summed E-state index contributed by atoms with van der Waals surface area (Å²) >= 11 is 0. The Morgan fingerprint density at radius 2 is 1.44 bits per heavy atom. The van der Waals surface area contributed by atoms with Crippen LogP contribution in [0.25, 0.3) is 0 Å². The summed E-state index contributed by atoms with van der Waals surface area (Å²) in [6.07, 6.45) is 0. The number of hydrogen-bond donors (Lipinski definition) is 2. The molecule has 0 saturated carbocycles. The van der Waals surface area contributed by atoms with E-state index in [-0.39, 0.29) is 13.2 Å². The molecule has 1 aromatic rings. The predicted octanol–water partition coefficient (Wildman–Crippen LogP) is 1.47. The lowest BCUT2D eigenvalue weighted by molar-refractivity contribution is 0.248. The van der Waals surface area contributed by atoms with E-state index in [4.69, 9.17) is 9.47 Å². The monoisotopic (exact) mass is 226 g/mol. The zero-order valence-corrected chi connectivity index (χ0v) is 9.69. The zero-order valence-electron chi connectivity index (χ0n) is 9.69. The van der Waals surface area contributed by atoms with Gasteiger partial charge in [0.05, 0.1) is 26.4 Å². The summed E-state index contributed by atoms with van der Waals surface area (Å²) < 4.78 is 10.8. The molecule has 0 unspecified atom stereocenters. The third-order valence-corrected chi connectivity index (χ3v) is 2.16. The molecule has 0 bridgehead atoms. The van der Waals surface area contributed by atoms with Crippen molar-refractivity contribution in [3.05, 3.63) is 23.3 Å². The minimum Gasteiger partial charge on any atom is -0.494 e. The van der Waals surface area contributed by atoms with Gasteiger partial charge >= 0.3 is 0 Å². The van der Waals surface area contributed by atoms with Crippen LogP contribution < -0.4 is 9.47 Å². The molecule has 16 heavy (non-hydrogen) atoms.